The van der Waals surface area contributed by atoms with Gasteiger partial charge in [0.1, 0.15) is 0 Å². The van der Waals surface area contributed by atoms with Gasteiger partial charge in [0, 0.05) is 25.0 Å². The third kappa shape index (κ3) is 4.42. The number of hydrogen-bond donors (Lipinski definition) is 0. The Bertz CT molecular complexity index is 615. The number of amides is 1. The van der Waals surface area contributed by atoms with Crippen LogP contribution >= 0.6 is 22.9 Å². The molecule has 1 aromatic rings. The minimum Gasteiger partial charge on any atom is -0.340 e. The van der Waals surface area contributed by atoms with Crippen LogP contribution in [0.3, 0.4) is 0 Å². The summed E-state index contributed by atoms with van der Waals surface area (Å²) in [4.78, 5) is 15.1. The Balaban J connectivity index is 1.98. The summed E-state index contributed by atoms with van der Waals surface area (Å²) in [6.07, 6.45) is 2.65. The van der Waals surface area contributed by atoms with Crippen LogP contribution in [0.15, 0.2) is 12.1 Å². The molecule has 1 aromatic heterocycles. The summed E-state index contributed by atoms with van der Waals surface area (Å²) in [5.74, 6) is -0.262. The molecule has 8 heteroatoms. The lowest BCUT2D eigenvalue weighted by molar-refractivity contribution is -0.135. The van der Waals surface area contributed by atoms with Gasteiger partial charge in [-0.15, -0.1) is 11.3 Å². The van der Waals surface area contributed by atoms with E-state index in [2.05, 4.69) is 0 Å². The Morgan fingerprint density at radius 3 is 2.81 bits per heavy atom. The van der Waals surface area contributed by atoms with Gasteiger partial charge in [0.2, 0.25) is 15.9 Å². The second-order valence-corrected chi connectivity index (χ2v) is 9.14. The number of carbonyl (C=O) groups excluding carboxylic acids is 1. The highest BCUT2D eigenvalue weighted by Crippen LogP contribution is 2.24. The largest absolute Gasteiger partial charge is 0.340 e. The number of halogens is 1. The van der Waals surface area contributed by atoms with E-state index in [4.69, 9.17) is 11.6 Å². The summed E-state index contributed by atoms with van der Waals surface area (Å²) < 4.78 is 25.3. The average molecular weight is 351 g/mol. The summed E-state index contributed by atoms with van der Waals surface area (Å²) in [6, 6.07) is 3.71. The molecule has 2 heterocycles. The molecule has 1 amide bonds. The van der Waals surface area contributed by atoms with Crippen molar-refractivity contribution in [2.24, 2.45) is 5.92 Å². The molecule has 0 aromatic carbocycles. The first-order valence-electron chi connectivity index (χ1n) is 6.71. The van der Waals surface area contributed by atoms with Crippen LogP contribution in [0.2, 0.25) is 4.34 Å². The Hall–Kier alpha value is -0.630. The van der Waals surface area contributed by atoms with Crippen LogP contribution in [0.25, 0.3) is 0 Å². The quantitative estimate of drug-likeness (QED) is 0.834. The summed E-state index contributed by atoms with van der Waals surface area (Å²) in [6.45, 7) is 1.30. The van der Waals surface area contributed by atoms with Crippen molar-refractivity contribution in [3.63, 3.8) is 0 Å². The lowest BCUT2D eigenvalue weighted by Gasteiger charge is -2.32. The van der Waals surface area contributed by atoms with Gasteiger partial charge in [-0.05, 0) is 25.0 Å². The zero-order valence-electron chi connectivity index (χ0n) is 12.1. The summed E-state index contributed by atoms with van der Waals surface area (Å²) in [7, 11) is -1.48. The van der Waals surface area contributed by atoms with Gasteiger partial charge in [0.15, 0.2) is 0 Å². The van der Waals surface area contributed by atoms with Gasteiger partial charge < -0.3 is 4.90 Å². The molecule has 1 saturated heterocycles. The first-order valence-corrected chi connectivity index (χ1v) is 9.76. The number of nitrogens with zero attached hydrogens (tertiary/aromatic N) is 2. The van der Waals surface area contributed by atoms with E-state index in [1.807, 2.05) is 12.1 Å². The normalized spacial score (nSPS) is 20.4. The first-order chi connectivity index (χ1) is 9.77. The topological polar surface area (TPSA) is 57.7 Å². The molecule has 0 bridgehead atoms. The Labute approximate surface area is 134 Å². The molecule has 1 unspecified atom stereocenters. The van der Waals surface area contributed by atoms with Gasteiger partial charge in [-0.3, -0.25) is 4.79 Å². The van der Waals surface area contributed by atoms with E-state index in [-0.39, 0.29) is 18.4 Å². The fraction of sp³-hybridized carbons (Fsp3) is 0.615. The SMILES string of the molecule is CN(Cc1ccc(Cl)s1)C(=O)C1CCCN(S(C)(=O)=O)C1. The van der Waals surface area contributed by atoms with E-state index in [1.165, 1.54) is 21.9 Å². The van der Waals surface area contributed by atoms with Crippen LogP contribution in [-0.2, 0) is 21.4 Å². The molecule has 0 aliphatic carbocycles. The zero-order chi connectivity index (χ0) is 15.6. The van der Waals surface area contributed by atoms with Crippen LogP contribution in [0.4, 0.5) is 0 Å². The van der Waals surface area contributed by atoms with Crippen molar-refractivity contribution in [1.82, 2.24) is 9.21 Å². The van der Waals surface area contributed by atoms with Crippen molar-refractivity contribution < 1.29 is 13.2 Å². The highest BCUT2D eigenvalue weighted by atomic mass is 35.5. The summed E-state index contributed by atoms with van der Waals surface area (Å²) in [5, 5.41) is 0. The molecule has 0 spiro atoms. The maximum absolute atomic E-state index is 12.5. The molecular formula is C13H19ClN2O3S2. The molecule has 0 radical (unpaired) electrons. The van der Waals surface area contributed by atoms with Crippen LogP contribution in [0.5, 0.6) is 0 Å². The molecule has 1 aliphatic heterocycles. The standard InChI is InChI=1S/C13H19ClN2O3S2/c1-15(9-11-5-6-12(14)20-11)13(17)10-4-3-7-16(8-10)21(2,18)19/h5-6,10H,3-4,7-9H2,1-2H3. The third-order valence-corrected chi connectivity index (χ3v) is 6.09. The highest BCUT2D eigenvalue weighted by Gasteiger charge is 2.31. The monoisotopic (exact) mass is 350 g/mol. The number of rotatable bonds is 4. The average Bonchev–Trinajstić information content (AvgIpc) is 2.82. The van der Waals surface area contributed by atoms with Gasteiger partial charge >= 0.3 is 0 Å². The van der Waals surface area contributed by atoms with Crippen molar-refractivity contribution >= 4 is 38.9 Å². The van der Waals surface area contributed by atoms with Crippen LogP contribution in [-0.4, -0.2) is 49.9 Å². The van der Waals surface area contributed by atoms with Crippen molar-refractivity contribution in [2.75, 3.05) is 26.4 Å². The zero-order valence-corrected chi connectivity index (χ0v) is 14.5. The molecule has 1 atom stereocenters. The number of piperidine rings is 1. The molecule has 2 rings (SSSR count). The van der Waals surface area contributed by atoms with Crippen LogP contribution in [0.1, 0.15) is 17.7 Å². The minimum absolute atomic E-state index is 0.00660. The summed E-state index contributed by atoms with van der Waals surface area (Å²) in [5.41, 5.74) is 0. The minimum atomic E-state index is -3.23. The number of hydrogen-bond acceptors (Lipinski definition) is 4. The van der Waals surface area contributed by atoms with Crippen molar-refractivity contribution in [3.05, 3.63) is 21.3 Å². The van der Waals surface area contributed by atoms with Gasteiger partial charge in [0.05, 0.1) is 23.1 Å². The van der Waals surface area contributed by atoms with Crippen molar-refractivity contribution in [3.8, 4) is 0 Å². The predicted octanol–water partition coefficient (Wildman–Crippen LogP) is 2.03. The Kier molecular flexibility index (Phi) is 5.29. The maximum atomic E-state index is 12.5. The van der Waals surface area contributed by atoms with Gasteiger partial charge in [0.25, 0.3) is 0 Å². The Morgan fingerprint density at radius 1 is 1.52 bits per heavy atom. The molecule has 118 valence electrons. The molecule has 1 aliphatic rings. The van der Waals surface area contributed by atoms with Crippen LogP contribution < -0.4 is 0 Å². The van der Waals surface area contributed by atoms with Gasteiger partial charge in [-0.1, -0.05) is 11.6 Å². The van der Waals surface area contributed by atoms with E-state index < -0.39 is 10.0 Å². The van der Waals surface area contributed by atoms with E-state index in [9.17, 15) is 13.2 Å². The van der Waals surface area contributed by atoms with E-state index in [0.717, 1.165) is 17.7 Å². The fourth-order valence-corrected chi connectivity index (χ4v) is 4.56. The van der Waals surface area contributed by atoms with E-state index in [1.54, 1.807) is 11.9 Å². The Morgan fingerprint density at radius 2 is 2.24 bits per heavy atom. The first kappa shape index (κ1) is 16.7. The van der Waals surface area contributed by atoms with Crippen LogP contribution in [0, 0.1) is 5.92 Å². The molecule has 0 saturated carbocycles. The molecule has 21 heavy (non-hydrogen) atoms. The lowest BCUT2D eigenvalue weighted by atomic mass is 9.98. The smallest absolute Gasteiger partial charge is 0.227 e. The van der Waals surface area contributed by atoms with Gasteiger partial charge in [-0.2, -0.15) is 0 Å². The molecular weight excluding hydrogens is 332 g/mol. The third-order valence-electron chi connectivity index (χ3n) is 3.60. The fourth-order valence-electron chi connectivity index (χ4n) is 2.51. The van der Waals surface area contributed by atoms with E-state index >= 15 is 0 Å². The molecule has 5 nitrogen and oxygen atoms in total. The molecule has 0 N–H and O–H groups in total. The maximum Gasteiger partial charge on any atom is 0.227 e. The second-order valence-electron chi connectivity index (χ2n) is 5.36. The highest BCUT2D eigenvalue weighted by molar-refractivity contribution is 7.88. The van der Waals surface area contributed by atoms with Crippen molar-refractivity contribution in [2.45, 2.75) is 19.4 Å². The number of carbonyl (C=O) groups is 1. The predicted molar refractivity (Wildman–Crippen MR) is 84.9 cm³/mol. The molecule has 1 fully saturated rings. The number of thiophene rings is 1. The van der Waals surface area contributed by atoms with E-state index in [0.29, 0.717) is 17.4 Å². The van der Waals surface area contributed by atoms with Gasteiger partial charge in [-0.25, -0.2) is 12.7 Å². The van der Waals surface area contributed by atoms with Crippen molar-refractivity contribution in [1.29, 1.82) is 0 Å². The second kappa shape index (κ2) is 6.64. The lowest BCUT2D eigenvalue weighted by Crippen LogP contribution is -2.45. The summed E-state index contributed by atoms with van der Waals surface area (Å²) >= 11 is 7.33. The number of sulfonamides is 1.